The molecule has 0 spiro atoms. The molecule has 0 aliphatic carbocycles. The predicted octanol–water partition coefficient (Wildman–Crippen LogP) is 2.60. The maximum atomic E-state index is 12.3. The summed E-state index contributed by atoms with van der Waals surface area (Å²) in [7, 11) is 0. The van der Waals surface area contributed by atoms with E-state index >= 15 is 0 Å². The number of carbonyl (C=O) groups excluding carboxylic acids is 2. The number of quaternary nitrogens is 1. The van der Waals surface area contributed by atoms with Crippen LogP contribution in [0.25, 0.3) is 0 Å². The molecular formula is C26H36N3O2+. The number of nitrogens with one attached hydrogen (secondary N) is 3. The van der Waals surface area contributed by atoms with Gasteiger partial charge in [0, 0.05) is 43.5 Å². The van der Waals surface area contributed by atoms with Gasteiger partial charge in [-0.2, -0.15) is 0 Å². The molecule has 2 aromatic rings. The SMILES string of the molecule is CC(C)(C)c1ccc(C(=O)NCCC(=O)NCc2ccccc2C[NH+]2CCCC2)cc1. The smallest absolute Gasteiger partial charge is 0.251 e. The minimum absolute atomic E-state index is 0.0493. The van der Waals surface area contributed by atoms with E-state index in [1.54, 1.807) is 4.90 Å². The van der Waals surface area contributed by atoms with E-state index in [1.807, 2.05) is 30.3 Å². The average molecular weight is 423 g/mol. The molecule has 1 aliphatic heterocycles. The van der Waals surface area contributed by atoms with Crippen LogP contribution in [0.4, 0.5) is 0 Å². The second-order valence-electron chi connectivity index (χ2n) is 9.51. The lowest BCUT2D eigenvalue weighted by atomic mass is 9.87. The summed E-state index contributed by atoms with van der Waals surface area (Å²) >= 11 is 0. The van der Waals surface area contributed by atoms with Crippen LogP contribution in [0.1, 0.15) is 67.1 Å². The van der Waals surface area contributed by atoms with Gasteiger partial charge < -0.3 is 15.5 Å². The maximum absolute atomic E-state index is 12.3. The first-order valence-electron chi connectivity index (χ1n) is 11.4. The van der Waals surface area contributed by atoms with Crippen LogP contribution in [0.2, 0.25) is 0 Å². The van der Waals surface area contributed by atoms with E-state index in [4.69, 9.17) is 0 Å². The summed E-state index contributed by atoms with van der Waals surface area (Å²) in [5, 5.41) is 5.85. The molecule has 5 heteroatoms. The average Bonchev–Trinajstić information content (AvgIpc) is 3.25. The molecule has 0 radical (unpaired) electrons. The fourth-order valence-corrected chi connectivity index (χ4v) is 4.02. The minimum Gasteiger partial charge on any atom is -0.352 e. The minimum atomic E-state index is -0.146. The van der Waals surface area contributed by atoms with E-state index in [0.717, 1.165) is 6.54 Å². The molecule has 166 valence electrons. The Balaban J connectivity index is 1.42. The summed E-state index contributed by atoms with van der Waals surface area (Å²) in [6.07, 6.45) is 2.88. The highest BCUT2D eigenvalue weighted by Crippen LogP contribution is 2.22. The van der Waals surface area contributed by atoms with E-state index in [0.29, 0.717) is 18.7 Å². The lowest BCUT2D eigenvalue weighted by molar-refractivity contribution is -0.901. The van der Waals surface area contributed by atoms with Crippen molar-refractivity contribution >= 4 is 11.8 Å². The van der Waals surface area contributed by atoms with Crippen molar-refractivity contribution in [3.05, 3.63) is 70.8 Å². The zero-order valence-corrected chi connectivity index (χ0v) is 19.1. The quantitative estimate of drug-likeness (QED) is 0.612. The topological polar surface area (TPSA) is 62.6 Å². The van der Waals surface area contributed by atoms with Gasteiger partial charge in [0.05, 0.1) is 13.1 Å². The van der Waals surface area contributed by atoms with Crippen molar-refractivity contribution in [3.63, 3.8) is 0 Å². The Morgan fingerprint density at radius 3 is 2.19 bits per heavy atom. The highest BCUT2D eigenvalue weighted by molar-refractivity contribution is 5.94. The molecule has 2 amide bonds. The summed E-state index contributed by atoms with van der Waals surface area (Å²) in [6, 6.07) is 16.0. The highest BCUT2D eigenvalue weighted by Gasteiger charge is 2.17. The van der Waals surface area contributed by atoms with Gasteiger partial charge in [-0.25, -0.2) is 0 Å². The first kappa shape index (κ1) is 23.0. The number of hydrogen-bond donors (Lipinski definition) is 3. The van der Waals surface area contributed by atoms with Gasteiger partial charge in [-0.05, 0) is 28.7 Å². The van der Waals surface area contributed by atoms with Crippen molar-refractivity contribution in [2.24, 2.45) is 0 Å². The lowest BCUT2D eigenvalue weighted by Crippen LogP contribution is -3.08. The van der Waals surface area contributed by atoms with Crippen molar-refractivity contribution in [2.75, 3.05) is 19.6 Å². The largest absolute Gasteiger partial charge is 0.352 e. The Morgan fingerprint density at radius 2 is 1.55 bits per heavy atom. The van der Waals surface area contributed by atoms with E-state index in [1.165, 1.54) is 42.6 Å². The number of likely N-dealkylation sites (tertiary alicyclic amines) is 1. The zero-order chi connectivity index (χ0) is 22.3. The van der Waals surface area contributed by atoms with Crippen LogP contribution < -0.4 is 15.5 Å². The molecule has 0 saturated carbocycles. The Morgan fingerprint density at radius 1 is 0.903 bits per heavy atom. The van der Waals surface area contributed by atoms with Gasteiger partial charge in [-0.15, -0.1) is 0 Å². The summed E-state index contributed by atoms with van der Waals surface area (Å²) in [4.78, 5) is 26.2. The number of amides is 2. The monoisotopic (exact) mass is 422 g/mol. The third-order valence-electron chi connectivity index (χ3n) is 6.00. The number of carbonyl (C=O) groups is 2. The van der Waals surface area contributed by atoms with Crippen LogP contribution in [-0.4, -0.2) is 31.4 Å². The Labute approximate surface area is 186 Å². The molecule has 2 aromatic carbocycles. The standard InChI is InChI=1S/C26H35N3O2/c1-26(2,3)23-12-10-20(11-13-23)25(31)27-15-14-24(30)28-18-21-8-4-5-9-22(21)19-29-16-6-7-17-29/h4-5,8-13H,6-7,14-19H2,1-3H3,(H,27,31)(H,28,30)/p+1. The molecule has 0 aromatic heterocycles. The van der Waals surface area contributed by atoms with E-state index in [-0.39, 0.29) is 23.7 Å². The van der Waals surface area contributed by atoms with Crippen molar-refractivity contribution in [2.45, 2.75) is 58.5 Å². The zero-order valence-electron chi connectivity index (χ0n) is 19.1. The fraction of sp³-hybridized carbons (Fsp3) is 0.462. The Bertz CT molecular complexity index is 878. The number of rotatable bonds is 8. The molecule has 31 heavy (non-hydrogen) atoms. The van der Waals surface area contributed by atoms with Crippen LogP contribution in [0.15, 0.2) is 48.5 Å². The lowest BCUT2D eigenvalue weighted by Gasteiger charge is -2.19. The molecule has 1 fully saturated rings. The molecule has 5 nitrogen and oxygen atoms in total. The number of benzene rings is 2. The molecule has 1 saturated heterocycles. The Hall–Kier alpha value is -2.66. The summed E-state index contributed by atoms with van der Waals surface area (Å²) in [5.74, 6) is -0.195. The normalized spacial score (nSPS) is 14.4. The van der Waals surface area contributed by atoms with Crippen molar-refractivity contribution in [1.29, 1.82) is 0 Å². The molecule has 0 atom stereocenters. The van der Waals surface area contributed by atoms with Crippen LogP contribution in [-0.2, 0) is 23.3 Å². The second-order valence-corrected chi connectivity index (χ2v) is 9.51. The van der Waals surface area contributed by atoms with Gasteiger partial charge in [0.1, 0.15) is 6.54 Å². The van der Waals surface area contributed by atoms with Crippen molar-refractivity contribution in [3.8, 4) is 0 Å². The van der Waals surface area contributed by atoms with E-state index in [2.05, 4.69) is 49.6 Å². The van der Waals surface area contributed by atoms with Gasteiger partial charge >= 0.3 is 0 Å². The van der Waals surface area contributed by atoms with Gasteiger partial charge in [0.15, 0.2) is 0 Å². The van der Waals surface area contributed by atoms with Crippen LogP contribution >= 0.6 is 0 Å². The molecule has 1 aliphatic rings. The molecule has 0 unspecified atom stereocenters. The molecule has 3 N–H and O–H groups in total. The highest BCUT2D eigenvalue weighted by atomic mass is 16.2. The van der Waals surface area contributed by atoms with Crippen molar-refractivity contribution < 1.29 is 14.5 Å². The summed E-state index contributed by atoms with van der Waals surface area (Å²) in [6.45, 7) is 10.8. The van der Waals surface area contributed by atoms with Crippen LogP contribution in [0, 0.1) is 0 Å². The maximum Gasteiger partial charge on any atom is 0.251 e. The van der Waals surface area contributed by atoms with Gasteiger partial charge in [0.2, 0.25) is 5.91 Å². The first-order chi connectivity index (χ1) is 14.8. The van der Waals surface area contributed by atoms with Gasteiger partial charge in [-0.1, -0.05) is 57.2 Å². The third kappa shape index (κ3) is 6.93. The summed E-state index contributed by atoms with van der Waals surface area (Å²) < 4.78 is 0. The van der Waals surface area contributed by atoms with Crippen LogP contribution in [0.5, 0.6) is 0 Å². The van der Waals surface area contributed by atoms with E-state index < -0.39 is 0 Å². The molecule has 3 rings (SSSR count). The first-order valence-corrected chi connectivity index (χ1v) is 11.4. The van der Waals surface area contributed by atoms with Gasteiger partial charge in [-0.3, -0.25) is 9.59 Å². The van der Waals surface area contributed by atoms with Crippen molar-refractivity contribution in [1.82, 2.24) is 10.6 Å². The third-order valence-corrected chi connectivity index (χ3v) is 6.00. The Kier molecular flexibility index (Phi) is 7.85. The van der Waals surface area contributed by atoms with E-state index in [9.17, 15) is 9.59 Å². The fourth-order valence-electron chi connectivity index (χ4n) is 4.02. The van der Waals surface area contributed by atoms with Gasteiger partial charge in [0.25, 0.3) is 5.91 Å². The number of hydrogen-bond acceptors (Lipinski definition) is 2. The van der Waals surface area contributed by atoms with Crippen LogP contribution in [0.3, 0.4) is 0 Å². The molecule has 0 bridgehead atoms. The summed E-state index contributed by atoms with van der Waals surface area (Å²) in [5.41, 5.74) is 4.35. The molecule has 1 heterocycles. The second kappa shape index (κ2) is 10.6. The molecular weight excluding hydrogens is 386 g/mol. The predicted molar refractivity (Wildman–Crippen MR) is 124 cm³/mol.